The van der Waals surface area contributed by atoms with Crippen molar-refractivity contribution in [1.29, 1.82) is 0 Å². The number of hydrogen-bond acceptors (Lipinski definition) is 3. The number of rotatable bonds is 6. The molecule has 0 aromatic rings. The number of carboxylic acids is 2. The molecule has 0 aromatic heterocycles. The normalized spacial score (nSPS) is 30.6. The first-order valence-electron chi connectivity index (χ1n) is 6.33. The lowest BCUT2D eigenvalue weighted by atomic mass is 9.51. The summed E-state index contributed by atoms with van der Waals surface area (Å²) in [6.07, 6.45) is 2.96. The number of aliphatic carboxylic acids is 2. The van der Waals surface area contributed by atoms with Crippen molar-refractivity contribution in [3.05, 3.63) is 11.6 Å². The van der Waals surface area contributed by atoms with Crippen LogP contribution >= 0.6 is 0 Å². The number of allylic oxidation sites excluding steroid dienone is 1. The third kappa shape index (κ3) is 3.03. The summed E-state index contributed by atoms with van der Waals surface area (Å²) in [6, 6.07) is 0. The monoisotopic (exact) mass is 268 g/mol. The van der Waals surface area contributed by atoms with Crippen LogP contribution in [-0.2, 0) is 14.4 Å². The third-order valence-corrected chi connectivity index (χ3v) is 4.32. The van der Waals surface area contributed by atoms with Crippen molar-refractivity contribution in [2.24, 2.45) is 17.3 Å². The molecule has 0 spiro atoms. The van der Waals surface area contributed by atoms with E-state index in [2.05, 4.69) is 0 Å². The van der Waals surface area contributed by atoms with Gasteiger partial charge in [0.25, 0.3) is 0 Å². The molecule has 0 bridgehead atoms. The van der Waals surface area contributed by atoms with Crippen molar-refractivity contribution in [2.45, 2.75) is 40.0 Å². The van der Waals surface area contributed by atoms with Crippen molar-refractivity contribution < 1.29 is 24.6 Å². The van der Waals surface area contributed by atoms with Gasteiger partial charge in [-0.1, -0.05) is 13.0 Å². The van der Waals surface area contributed by atoms with E-state index in [0.717, 1.165) is 0 Å². The van der Waals surface area contributed by atoms with E-state index < -0.39 is 23.3 Å². The first-order chi connectivity index (χ1) is 8.70. The van der Waals surface area contributed by atoms with Gasteiger partial charge in [0, 0.05) is 11.5 Å². The zero-order valence-corrected chi connectivity index (χ0v) is 11.5. The first-order valence-corrected chi connectivity index (χ1v) is 6.33. The molecule has 2 N–H and O–H groups in total. The highest BCUT2D eigenvalue weighted by atomic mass is 16.4. The zero-order valence-electron chi connectivity index (χ0n) is 11.5. The molecule has 0 heterocycles. The molecule has 0 aliphatic heterocycles. The first kappa shape index (κ1) is 15.4. The van der Waals surface area contributed by atoms with Gasteiger partial charge in [0.1, 0.15) is 5.78 Å². The molecule has 0 amide bonds. The van der Waals surface area contributed by atoms with Gasteiger partial charge >= 0.3 is 11.9 Å². The summed E-state index contributed by atoms with van der Waals surface area (Å²) in [6.45, 7) is 4.80. The van der Waals surface area contributed by atoms with Crippen LogP contribution in [0.4, 0.5) is 0 Å². The lowest BCUT2D eigenvalue weighted by Gasteiger charge is -2.51. The minimum atomic E-state index is -0.975. The molecule has 3 atom stereocenters. The van der Waals surface area contributed by atoms with Crippen LogP contribution in [0.25, 0.3) is 0 Å². The van der Waals surface area contributed by atoms with Gasteiger partial charge < -0.3 is 10.2 Å². The van der Waals surface area contributed by atoms with E-state index in [0.29, 0.717) is 19.3 Å². The van der Waals surface area contributed by atoms with Gasteiger partial charge in [0.15, 0.2) is 0 Å². The minimum absolute atomic E-state index is 0.0129. The van der Waals surface area contributed by atoms with Crippen molar-refractivity contribution >= 4 is 17.7 Å². The fraction of sp³-hybridized carbons (Fsp3) is 0.643. The quantitative estimate of drug-likeness (QED) is 0.720. The van der Waals surface area contributed by atoms with E-state index >= 15 is 0 Å². The second-order valence-corrected chi connectivity index (χ2v) is 5.53. The van der Waals surface area contributed by atoms with E-state index in [1.54, 1.807) is 6.08 Å². The summed E-state index contributed by atoms with van der Waals surface area (Å²) in [5.41, 5.74) is -0.318. The average Bonchev–Trinajstić information content (AvgIpc) is 2.25. The molecule has 0 unspecified atom stereocenters. The predicted molar refractivity (Wildman–Crippen MR) is 68.6 cm³/mol. The molecule has 0 saturated heterocycles. The SMILES string of the molecule is CC(=O)[C@@H]1C[C@H](C(=O)O)[C@@]1(C)CC/C=C(\C)C(=O)O. The number of carbonyl (C=O) groups is 3. The fourth-order valence-corrected chi connectivity index (χ4v) is 2.91. The van der Waals surface area contributed by atoms with Crippen molar-refractivity contribution in [3.8, 4) is 0 Å². The molecule has 1 fully saturated rings. The Hall–Kier alpha value is -1.65. The second-order valence-electron chi connectivity index (χ2n) is 5.53. The van der Waals surface area contributed by atoms with Crippen LogP contribution in [0.1, 0.15) is 40.0 Å². The van der Waals surface area contributed by atoms with E-state index in [1.165, 1.54) is 13.8 Å². The number of carbonyl (C=O) groups excluding carboxylic acids is 1. The summed E-state index contributed by atoms with van der Waals surface area (Å²) in [4.78, 5) is 33.3. The number of Topliss-reactive ketones (excluding diaryl/α,β-unsaturated/α-hetero) is 1. The number of ketones is 1. The van der Waals surface area contributed by atoms with Gasteiger partial charge in [-0.25, -0.2) is 4.79 Å². The topological polar surface area (TPSA) is 91.7 Å². The summed E-state index contributed by atoms with van der Waals surface area (Å²) in [5.74, 6) is -2.58. The molecule has 106 valence electrons. The molecular formula is C14H20O5. The highest BCUT2D eigenvalue weighted by Gasteiger charge is 2.56. The lowest BCUT2D eigenvalue weighted by molar-refractivity contribution is -0.165. The molecule has 1 rings (SSSR count). The Morgan fingerprint density at radius 3 is 2.21 bits per heavy atom. The Balaban J connectivity index is 2.75. The lowest BCUT2D eigenvalue weighted by Crippen LogP contribution is -2.53. The highest BCUT2D eigenvalue weighted by molar-refractivity contribution is 5.86. The third-order valence-electron chi connectivity index (χ3n) is 4.32. The van der Waals surface area contributed by atoms with Gasteiger partial charge in [-0.05, 0) is 38.5 Å². The molecule has 5 heteroatoms. The molecule has 1 saturated carbocycles. The van der Waals surface area contributed by atoms with Crippen LogP contribution in [0.3, 0.4) is 0 Å². The second kappa shape index (κ2) is 5.55. The molecular weight excluding hydrogens is 248 g/mol. The van der Waals surface area contributed by atoms with Crippen LogP contribution in [0, 0.1) is 17.3 Å². The molecule has 1 aliphatic carbocycles. The number of hydrogen-bond donors (Lipinski definition) is 2. The van der Waals surface area contributed by atoms with E-state index in [-0.39, 0.29) is 17.3 Å². The molecule has 0 aromatic carbocycles. The van der Waals surface area contributed by atoms with Gasteiger partial charge in [0.05, 0.1) is 5.92 Å². The molecule has 19 heavy (non-hydrogen) atoms. The van der Waals surface area contributed by atoms with Crippen molar-refractivity contribution in [1.82, 2.24) is 0 Å². The maximum Gasteiger partial charge on any atom is 0.330 e. The van der Waals surface area contributed by atoms with Gasteiger partial charge in [-0.3, -0.25) is 9.59 Å². The summed E-state index contributed by atoms with van der Waals surface area (Å²) in [5, 5.41) is 17.9. The summed E-state index contributed by atoms with van der Waals surface area (Å²) < 4.78 is 0. The van der Waals surface area contributed by atoms with Crippen LogP contribution in [-0.4, -0.2) is 27.9 Å². The van der Waals surface area contributed by atoms with Crippen molar-refractivity contribution in [2.75, 3.05) is 0 Å². The standard InChI is InChI=1S/C14H20O5/c1-8(12(16)17)5-4-6-14(3)10(9(2)15)7-11(14)13(18)19/h5,10-11H,4,6-7H2,1-3H3,(H,16,17)(H,18,19)/b8-5+/t10-,11+,14-/m0/s1. The maximum absolute atomic E-state index is 11.5. The Bertz CT molecular complexity index is 415. The van der Waals surface area contributed by atoms with Crippen LogP contribution in [0.15, 0.2) is 11.6 Å². The fourth-order valence-electron chi connectivity index (χ4n) is 2.91. The van der Waals surface area contributed by atoms with Crippen LogP contribution in [0.5, 0.6) is 0 Å². The van der Waals surface area contributed by atoms with E-state index in [9.17, 15) is 14.4 Å². The minimum Gasteiger partial charge on any atom is -0.481 e. The van der Waals surface area contributed by atoms with Gasteiger partial charge in [-0.15, -0.1) is 0 Å². The van der Waals surface area contributed by atoms with Gasteiger partial charge in [0.2, 0.25) is 0 Å². The molecule has 0 radical (unpaired) electrons. The molecule has 5 nitrogen and oxygen atoms in total. The zero-order chi connectivity index (χ0) is 14.8. The van der Waals surface area contributed by atoms with Crippen LogP contribution in [0.2, 0.25) is 0 Å². The van der Waals surface area contributed by atoms with Gasteiger partial charge in [-0.2, -0.15) is 0 Å². The summed E-state index contributed by atoms with van der Waals surface area (Å²) in [7, 11) is 0. The number of carboxylic acid groups (broad SMARTS) is 2. The van der Waals surface area contributed by atoms with E-state index in [4.69, 9.17) is 10.2 Å². The smallest absolute Gasteiger partial charge is 0.330 e. The average molecular weight is 268 g/mol. The maximum atomic E-state index is 11.5. The van der Waals surface area contributed by atoms with Crippen molar-refractivity contribution in [3.63, 3.8) is 0 Å². The molecule has 1 aliphatic rings. The summed E-state index contributed by atoms with van der Waals surface area (Å²) >= 11 is 0. The predicted octanol–water partition coefficient (Wildman–Crippen LogP) is 2.11. The Labute approximate surface area is 112 Å². The van der Waals surface area contributed by atoms with Crippen LogP contribution < -0.4 is 0 Å². The van der Waals surface area contributed by atoms with E-state index in [1.807, 2.05) is 6.92 Å². The Morgan fingerprint density at radius 2 is 1.79 bits per heavy atom. The largest absolute Gasteiger partial charge is 0.481 e. The Kier molecular flexibility index (Phi) is 4.50. The Morgan fingerprint density at radius 1 is 1.21 bits per heavy atom. The highest BCUT2D eigenvalue weighted by Crippen LogP contribution is 2.55.